The molecule has 1 aliphatic heterocycles. The van der Waals surface area contributed by atoms with Crippen molar-refractivity contribution in [1.29, 1.82) is 0 Å². The Morgan fingerprint density at radius 1 is 1.12 bits per heavy atom. The van der Waals surface area contributed by atoms with Crippen LogP contribution in [-0.2, 0) is 0 Å². The molecule has 17 heavy (non-hydrogen) atoms. The van der Waals surface area contributed by atoms with Gasteiger partial charge in [-0.2, -0.15) is 4.98 Å². The summed E-state index contributed by atoms with van der Waals surface area (Å²) in [5.41, 5.74) is 0. The second-order valence-corrected chi connectivity index (χ2v) is 3.88. The van der Waals surface area contributed by atoms with E-state index in [4.69, 9.17) is 0 Å². The van der Waals surface area contributed by atoms with Crippen LogP contribution in [0.25, 0.3) is 5.95 Å². The Morgan fingerprint density at radius 3 is 2.65 bits per heavy atom. The molecule has 0 amide bonds. The summed E-state index contributed by atoms with van der Waals surface area (Å²) in [5.74, 6) is 1.69. The molecule has 90 valence electrons. The first-order valence-corrected chi connectivity index (χ1v) is 5.50. The first-order chi connectivity index (χ1) is 7.93. The van der Waals surface area contributed by atoms with Crippen LogP contribution in [0, 0.1) is 0 Å². The molecule has 0 atom stereocenters. The predicted molar refractivity (Wildman–Crippen MR) is 67.8 cm³/mol. The third-order valence-electron chi connectivity index (χ3n) is 2.79. The van der Waals surface area contributed by atoms with E-state index in [-0.39, 0.29) is 12.4 Å². The highest BCUT2D eigenvalue weighted by Crippen LogP contribution is 2.17. The third-order valence-corrected chi connectivity index (χ3v) is 2.79. The largest absolute Gasteiger partial charge is 0.356 e. The maximum absolute atomic E-state index is 4.54. The van der Waals surface area contributed by atoms with Crippen molar-refractivity contribution < 1.29 is 0 Å². The molecule has 1 saturated heterocycles. The summed E-state index contributed by atoms with van der Waals surface area (Å²) >= 11 is 0. The van der Waals surface area contributed by atoms with Crippen molar-refractivity contribution in [3.05, 3.63) is 31.0 Å². The molecule has 0 unspecified atom stereocenters. The van der Waals surface area contributed by atoms with Crippen LogP contribution in [0.15, 0.2) is 31.0 Å². The summed E-state index contributed by atoms with van der Waals surface area (Å²) in [6.07, 6.45) is 9.60. The van der Waals surface area contributed by atoms with E-state index < -0.39 is 0 Å². The monoisotopic (exact) mass is 251 g/mol. The Morgan fingerprint density at radius 2 is 1.94 bits per heavy atom. The predicted octanol–water partition coefficient (Wildman–Crippen LogP) is 1.68. The van der Waals surface area contributed by atoms with Gasteiger partial charge in [0.05, 0.1) is 0 Å². The number of anilines is 1. The summed E-state index contributed by atoms with van der Waals surface area (Å²) in [7, 11) is 0. The molecule has 0 bridgehead atoms. The van der Waals surface area contributed by atoms with E-state index in [9.17, 15) is 0 Å². The molecular weight excluding hydrogens is 238 g/mol. The Bertz CT molecular complexity index is 464. The van der Waals surface area contributed by atoms with Crippen LogP contribution in [0.2, 0.25) is 0 Å². The van der Waals surface area contributed by atoms with Crippen molar-refractivity contribution in [2.45, 2.75) is 12.8 Å². The molecule has 0 radical (unpaired) electrons. The maximum Gasteiger partial charge on any atom is 0.236 e. The van der Waals surface area contributed by atoms with Gasteiger partial charge in [0, 0.05) is 31.7 Å². The fourth-order valence-corrected chi connectivity index (χ4v) is 1.96. The first kappa shape index (κ1) is 11.9. The van der Waals surface area contributed by atoms with Gasteiger partial charge in [0.2, 0.25) is 5.95 Å². The summed E-state index contributed by atoms with van der Waals surface area (Å²) in [4.78, 5) is 15.1. The highest BCUT2D eigenvalue weighted by atomic mass is 35.5. The second-order valence-electron chi connectivity index (χ2n) is 3.88. The van der Waals surface area contributed by atoms with E-state index in [1.54, 1.807) is 18.7 Å². The third kappa shape index (κ3) is 2.39. The van der Waals surface area contributed by atoms with Gasteiger partial charge in [0.15, 0.2) is 0 Å². The van der Waals surface area contributed by atoms with Gasteiger partial charge in [-0.3, -0.25) is 4.57 Å². The van der Waals surface area contributed by atoms with Crippen LogP contribution in [0.5, 0.6) is 0 Å². The number of hydrogen-bond acceptors (Lipinski definition) is 4. The van der Waals surface area contributed by atoms with Crippen molar-refractivity contribution in [3.8, 4) is 5.95 Å². The molecule has 0 aliphatic carbocycles. The first-order valence-electron chi connectivity index (χ1n) is 5.50. The molecule has 2 aromatic heterocycles. The van der Waals surface area contributed by atoms with Crippen molar-refractivity contribution >= 4 is 18.2 Å². The molecule has 0 N–H and O–H groups in total. The lowest BCUT2D eigenvalue weighted by molar-refractivity contribution is 0.878. The van der Waals surface area contributed by atoms with Crippen LogP contribution in [0.3, 0.4) is 0 Å². The summed E-state index contributed by atoms with van der Waals surface area (Å²) < 4.78 is 1.82. The van der Waals surface area contributed by atoms with E-state index in [1.807, 2.05) is 16.8 Å². The van der Waals surface area contributed by atoms with Crippen LogP contribution >= 0.6 is 12.4 Å². The van der Waals surface area contributed by atoms with Crippen LogP contribution < -0.4 is 4.90 Å². The zero-order valence-electron chi connectivity index (χ0n) is 9.36. The van der Waals surface area contributed by atoms with Gasteiger partial charge in [-0.25, -0.2) is 9.97 Å². The Hall–Kier alpha value is -1.62. The molecular formula is C11H14ClN5. The minimum atomic E-state index is 0. The molecule has 3 heterocycles. The average molecular weight is 252 g/mol. The van der Waals surface area contributed by atoms with Crippen LogP contribution in [-0.4, -0.2) is 32.6 Å². The number of rotatable bonds is 2. The maximum atomic E-state index is 4.54. The summed E-state index contributed by atoms with van der Waals surface area (Å²) in [5, 5.41) is 0. The Balaban J connectivity index is 0.00000108. The zero-order valence-corrected chi connectivity index (χ0v) is 10.2. The lowest BCUT2D eigenvalue weighted by Gasteiger charge is -2.16. The van der Waals surface area contributed by atoms with Crippen LogP contribution in [0.4, 0.5) is 5.82 Å². The SMILES string of the molecule is Cl.c1cn(-c2nccc(N3CCCC3)n2)cn1. The summed E-state index contributed by atoms with van der Waals surface area (Å²) in [6.45, 7) is 2.20. The van der Waals surface area contributed by atoms with Crippen molar-refractivity contribution in [2.75, 3.05) is 18.0 Å². The minimum Gasteiger partial charge on any atom is -0.356 e. The molecule has 0 spiro atoms. The molecule has 0 saturated carbocycles. The number of halogens is 1. The quantitative estimate of drug-likeness (QED) is 0.815. The van der Waals surface area contributed by atoms with Gasteiger partial charge in [-0.05, 0) is 18.9 Å². The lowest BCUT2D eigenvalue weighted by Crippen LogP contribution is -2.19. The molecule has 1 fully saturated rings. The van der Waals surface area contributed by atoms with Crippen molar-refractivity contribution in [2.24, 2.45) is 0 Å². The highest BCUT2D eigenvalue weighted by molar-refractivity contribution is 5.85. The Labute approximate surface area is 106 Å². The minimum absolute atomic E-state index is 0. The summed E-state index contributed by atoms with van der Waals surface area (Å²) in [6, 6.07) is 1.96. The number of hydrogen-bond donors (Lipinski definition) is 0. The van der Waals surface area contributed by atoms with Gasteiger partial charge >= 0.3 is 0 Å². The molecule has 0 aromatic carbocycles. The smallest absolute Gasteiger partial charge is 0.236 e. The van der Waals surface area contributed by atoms with Gasteiger partial charge in [0.1, 0.15) is 12.1 Å². The van der Waals surface area contributed by atoms with E-state index in [1.165, 1.54) is 12.8 Å². The molecule has 3 rings (SSSR count). The van der Waals surface area contributed by atoms with Crippen LogP contribution in [0.1, 0.15) is 12.8 Å². The standard InChI is InChI=1S/C11H13N5.ClH/c1-2-7-15(6-1)10-3-4-13-11(14-10)16-8-5-12-9-16;/h3-5,8-9H,1-2,6-7H2;1H. The second kappa shape index (κ2) is 5.14. The van der Waals surface area contributed by atoms with E-state index in [0.29, 0.717) is 5.95 Å². The topological polar surface area (TPSA) is 46.8 Å². The lowest BCUT2D eigenvalue weighted by atomic mass is 10.4. The van der Waals surface area contributed by atoms with Gasteiger partial charge in [-0.1, -0.05) is 0 Å². The molecule has 6 heteroatoms. The molecule has 2 aromatic rings. The van der Waals surface area contributed by atoms with Gasteiger partial charge in [-0.15, -0.1) is 12.4 Å². The van der Waals surface area contributed by atoms with E-state index >= 15 is 0 Å². The fraction of sp³-hybridized carbons (Fsp3) is 0.364. The number of aromatic nitrogens is 4. The average Bonchev–Trinajstić information content (AvgIpc) is 3.03. The molecule has 1 aliphatic rings. The van der Waals surface area contributed by atoms with Gasteiger partial charge < -0.3 is 4.90 Å². The van der Waals surface area contributed by atoms with Crippen molar-refractivity contribution in [1.82, 2.24) is 19.5 Å². The van der Waals surface area contributed by atoms with E-state index in [2.05, 4.69) is 19.9 Å². The van der Waals surface area contributed by atoms with Crippen molar-refractivity contribution in [3.63, 3.8) is 0 Å². The normalized spacial score (nSPS) is 14.7. The number of nitrogens with zero attached hydrogens (tertiary/aromatic N) is 5. The fourth-order valence-electron chi connectivity index (χ4n) is 1.96. The highest BCUT2D eigenvalue weighted by Gasteiger charge is 2.14. The zero-order chi connectivity index (χ0) is 10.8. The Kier molecular flexibility index (Phi) is 3.58. The number of imidazole rings is 1. The van der Waals surface area contributed by atoms with Gasteiger partial charge in [0.25, 0.3) is 0 Å². The van der Waals surface area contributed by atoms with E-state index in [0.717, 1.165) is 18.9 Å². The molecule has 5 nitrogen and oxygen atoms in total.